The molecular formula is C20H24N2O4S. The zero-order chi connectivity index (χ0) is 19.8. The first-order valence-electron chi connectivity index (χ1n) is 8.82. The van der Waals surface area contributed by atoms with E-state index in [4.69, 9.17) is 4.74 Å². The van der Waals surface area contributed by atoms with Gasteiger partial charge >= 0.3 is 0 Å². The quantitative estimate of drug-likeness (QED) is 0.850. The summed E-state index contributed by atoms with van der Waals surface area (Å²) in [5, 5.41) is 0. The van der Waals surface area contributed by atoms with Gasteiger partial charge in [-0.25, -0.2) is 8.42 Å². The summed E-state index contributed by atoms with van der Waals surface area (Å²) in [6.07, 6.45) is 1.41. The van der Waals surface area contributed by atoms with E-state index in [2.05, 4.69) is 4.72 Å². The van der Waals surface area contributed by atoms with Gasteiger partial charge in [-0.05, 0) is 74.2 Å². The zero-order valence-electron chi connectivity index (χ0n) is 16.0. The number of amides is 1. The minimum Gasteiger partial charge on any atom is -0.496 e. The molecule has 1 N–H and O–H groups in total. The molecule has 0 saturated carbocycles. The Bertz CT molecular complexity index is 999. The van der Waals surface area contributed by atoms with Gasteiger partial charge < -0.3 is 9.64 Å². The van der Waals surface area contributed by atoms with Crippen LogP contribution >= 0.6 is 0 Å². The number of nitrogens with zero attached hydrogens (tertiary/aromatic N) is 1. The molecule has 0 bridgehead atoms. The van der Waals surface area contributed by atoms with Gasteiger partial charge in [0.1, 0.15) is 5.75 Å². The van der Waals surface area contributed by atoms with E-state index in [1.54, 1.807) is 49.3 Å². The zero-order valence-corrected chi connectivity index (χ0v) is 16.8. The number of benzene rings is 2. The van der Waals surface area contributed by atoms with Crippen LogP contribution < -0.4 is 14.4 Å². The lowest BCUT2D eigenvalue weighted by Gasteiger charge is -2.19. The molecule has 0 unspecified atom stereocenters. The first-order chi connectivity index (χ1) is 12.7. The lowest BCUT2D eigenvalue weighted by molar-refractivity contribution is -0.117. The van der Waals surface area contributed by atoms with E-state index < -0.39 is 10.0 Å². The highest BCUT2D eigenvalue weighted by atomic mass is 32.2. The average Bonchev–Trinajstić information content (AvgIpc) is 3.02. The molecule has 6 nitrogen and oxygen atoms in total. The molecule has 2 aromatic rings. The Morgan fingerprint density at radius 3 is 2.37 bits per heavy atom. The van der Waals surface area contributed by atoms with Crippen molar-refractivity contribution in [2.24, 2.45) is 0 Å². The summed E-state index contributed by atoms with van der Waals surface area (Å²) in [4.78, 5) is 13.9. The number of rotatable bonds is 5. The minimum atomic E-state index is -3.74. The van der Waals surface area contributed by atoms with Gasteiger partial charge in [0.15, 0.2) is 0 Å². The molecule has 0 spiro atoms. The molecule has 1 amide bonds. The van der Waals surface area contributed by atoms with Crippen LogP contribution in [0.5, 0.6) is 5.75 Å². The van der Waals surface area contributed by atoms with Crippen molar-refractivity contribution in [2.45, 2.75) is 38.5 Å². The molecule has 3 rings (SSSR count). The molecule has 0 radical (unpaired) electrons. The molecule has 27 heavy (non-hydrogen) atoms. The number of hydrogen-bond donors (Lipinski definition) is 1. The van der Waals surface area contributed by atoms with Crippen LogP contribution in [-0.2, 0) is 14.8 Å². The standard InChI is InChI=1S/C20H24N2O4S/c1-13-10-16(7-8-17(13)22-9-5-6-20(22)23)21-27(24,25)19-12-14(2)18(26-4)11-15(19)3/h7-8,10-12,21H,5-6,9H2,1-4H3. The Kier molecular flexibility index (Phi) is 5.15. The van der Waals surface area contributed by atoms with E-state index in [1.807, 2.05) is 13.8 Å². The lowest BCUT2D eigenvalue weighted by atomic mass is 10.1. The van der Waals surface area contributed by atoms with Crippen LogP contribution in [-0.4, -0.2) is 28.0 Å². The van der Waals surface area contributed by atoms with Crippen LogP contribution in [0.4, 0.5) is 11.4 Å². The van der Waals surface area contributed by atoms with Crippen LogP contribution in [0.15, 0.2) is 35.2 Å². The summed E-state index contributed by atoms with van der Waals surface area (Å²) in [5.41, 5.74) is 3.52. The highest BCUT2D eigenvalue weighted by molar-refractivity contribution is 7.92. The van der Waals surface area contributed by atoms with Gasteiger partial charge in [0.25, 0.3) is 10.0 Å². The molecule has 1 aliphatic heterocycles. The van der Waals surface area contributed by atoms with Gasteiger partial charge in [0.2, 0.25) is 5.91 Å². The largest absolute Gasteiger partial charge is 0.496 e. The highest BCUT2D eigenvalue weighted by Gasteiger charge is 2.24. The number of anilines is 2. The van der Waals surface area contributed by atoms with E-state index >= 15 is 0 Å². The third-order valence-electron chi connectivity index (χ3n) is 4.80. The van der Waals surface area contributed by atoms with Gasteiger partial charge in [0.05, 0.1) is 12.0 Å². The second kappa shape index (κ2) is 7.23. The number of aryl methyl sites for hydroxylation is 3. The fourth-order valence-electron chi connectivity index (χ4n) is 3.41. The van der Waals surface area contributed by atoms with E-state index in [0.717, 1.165) is 23.2 Å². The molecule has 1 heterocycles. The Morgan fingerprint density at radius 2 is 1.78 bits per heavy atom. The minimum absolute atomic E-state index is 0.107. The Morgan fingerprint density at radius 1 is 1.04 bits per heavy atom. The van der Waals surface area contributed by atoms with Crippen LogP contribution in [0.3, 0.4) is 0 Å². The summed E-state index contributed by atoms with van der Waals surface area (Å²) in [7, 11) is -2.18. The van der Waals surface area contributed by atoms with Crippen molar-refractivity contribution in [1.82, 2.24) is 0 Å². The van der Waals surface area contributed by atoms with E-state index in [1.165, 1.54) is 0 Å². The average molecular weight is 388 g/mol. The van der Waals surface area contributed by atoms with Gasteiger partial charge in [-0.3, -0.25) is 9.52 Å². The van der Waals surface area contributed by atoms with Gasteiger partial charge in [-0.1, -0.05) is 0 Å². The summed E-state index contributed by atoms with van der Waals surface area (Å²) in [5.74, 6) is 0.762. The summed E-state index contributed by atoms with van der Waals surface area (Å²) >= 11 is 0. The maximum atomic E-state index is 12.9. The van der Waals surface area contributed by atoms with E-state index in [-0.39, 0.29) is 10.8 Å². The van der Waals surface area contributed by atoms with Crippen molar-refractivity contribution in [3.63, 3.8) is 0 Å². The number of methoxy groups -OCH3 is 1. The molecular weight excluding hydrogens is 364 g/mol. The molecule has 1 aliphatic rings. The van der Waals surface area contributed by atoms with Gasteiger partial charge in [-0.2, -0.15) is 0 Å². The second-order valence-corrected chi connectivity index (χ2v) is 8.49. The lowest BCUT2D eigenvalue weighted by Crippen LogP contribution is -2.24. The van der Waals surface area contributed by atoms with Crippen LogP contribution in [0.1, 0.15) is 29.5 Å². The van der Waals surface area contributed by atoms with Crippen molar-refractivity contribution in [3.8, 4) is 5.75 Å². The molecule has 144 valence electrons. The smallest absolute Gasteiger partial charge is 0.262 e. The Labute approximate surface area is 160 Å². The highest BCUT2D eigenvalue weighted by Crippen LogP contribution is 2.30. The molecule has 2 aromatic carbocycles. The molecule has 1 saturated heterocycles. The predicted octanol–water partition coefficient (Wildman–Crippen LogP) is 3.55. The molecule has 7 heteroatoms. The van der Waals surface area contributed by atoms with Crippen molar-refractivity contribution >= 4 is 27.3 Å². The summed E-state index contributed by atoms with van der Waals surface area (Å²) in [6.45, 7) is 6.13. The normalized spacial score (nSPS) is 14.5. The summed E-state index contributed by atoms with van der Waals surface area (Å²) in [6, 6.07) is 8.57. The van der Waals surface area contributed by atoms with Gasteiger partial charge in [-0.15, -0.1) is 0 Å². The maximum absolute atomic E-state index is 12.9. The SMILES string of the molecule is COc1cc(C)c(S(=O)(=O)Nc2ccc(N3CCCC3=O)c(C)c2)cc1C. The third kappa shape index (κ3) is 3.78. The van der Waals surface area contributed by atoms with Crippen molar-refractivity contribution in [1.29, 1.82) is 0 Å². The predicted molar refractivity (Wildman–Crippen MR) is 106 cm³/mol. The summed E-state index contributed by atoms with van der Waals surface area (Å²) < 4.78 is 33.6. The third-order valence-corrected chi connectivity index (χ3v) is 6.32. The van der Waals surface area contributed by atoms with E-state index in [9.17, 15) is 13.2 Å². The van der Waals surface area contributed by atoms with Crippen LogP contribution in [0.25, 0.3) is 0 Å². The Balaban J connectivity index is 1.89. The first kappa shape index (κ1) is 19.2. The number of carbonyl (C=O) groups is 1. The molecule has 1 fully saturated rings. The Hall–Kier alpha value is -2.54. The molecule has 0 aromatic heterocycles. The fourth-order valence-corrected chi connectivity index (χ4v) is 4.77. The molecule has 0 atom stereocenters. The van der Waals surface area contributed by atoms with Crippen molar-refractivity contribution in [2.75, 3.05) is 23.3 Å². The van der Waals surface area contributed by atoms with Crippen molar-refractivity contribution in [3.05, 3.63) is 47.0 Å². The number of carbonyl (C=O) groups excluding carboxylic acids is 1. The van der Waals surface area contributed by atoms with E-state index in [0.29, 0.717) is 30.0 Å². The van der Waals surface area contributed by atoms with Crippen LogP contribution in [0.2, 0.25) is 0 Å². The molecule has 0 aliphatic carbocycles. The van der Waals surface area contributed by atoms with Crippen LogP contribution in [0, 0.1) is 20.8 Å². The fraction of sp³-hybridized carbons (Fsp3) is 0.350. The number of hydrogen-bond acceptors (Lipinski definition) is 4. The van der Waals surface area contributed by atoms with Crippen molar-refractivity contribution < 1.29 is 17.9 Å². The monoisotopic (exact) mass is 388 g/mol. The maximum Gasteiger partial charge on any atom is 0.262 e. The number of sulfonamides is 1. The van der Waals surface area contributed by atoms with Gasteiger partial charge in [0, 0.05) is 24.3 Å². The number of nitrogens with one attached hydrogen (secondary N) is 1. The number of ether oxygens (including phenoxy) is 1. The topological polar surface area (TPSA) is 75.7 Å². The first-order valence-corrected chi connectivity index (χ1v) is 10.3. The second-order valence-electron chi connectivity index (χ2n) is 6.84.